The van der Waals surface area contributed by atoms with E-state index in [2.05, 4.69) is 4.98 Å². The second-order valence-electron chi connectivity index (χ2n) is 6.71. The summed E-state index contributed by atoms with van der Waals surface area (Å²) in [5, 5.41) is 8.87. The zero-order valence-electron chi connectivity index (χ0n) is 14.9. The van der Waals surface area contributed by atoms with E-state index in [-0.39, 0.29) is 26.1 Å². The Balaban J connectivity index is 1.62. The SMILES string of the molecule is Cc1cn([C@@H]2C[C@H]3O[PH](O)(OCC[C@@H](C)C(=O)O)OC[C@@H]3O2)c(=O)[nH]c1=O. The fourth-order valence-corrected chi connectivity index (χ4v) is 4.52. The monoisotopic (exact) mass is 406 g/mol. The predicted octanol–water partition coefficient (Wildman–Crippen LogP) is 0.0775. The molecule has 0 aromatic carbocycles. The van der Waals surface area contributed by atoms with Gasteiger partial charge in [-0.25, -0.2) is 0 Å². The van der Waals surface area contributed by atoms with E-state index in [1.54, 1.807) is 6.92 Å². The number of fused-ring (bicyclic) bond motifs is 1. The number of aromatic amines is 1. The first-order chi connectivity index (χ1) is 12.7. The van der Waals surface area contributed by atoms with Crippen LogP contribution in [0.3, 0.4) is 0 Å². The van der Waals surface area contributed by atoms with Crippen LogP contribution < -0.4 is 11.2 Å². The number of aryl methyl sites for hydroxylation is 1. The molecular weight excluding hydrogens is 383 g/mol. The van der Waals surface area contributed by atoms with Crippen molar-refractivity contribution in [3.8, 4) is 0 Å². The minimum absolute atomic E-state index is 0.0174. The number of hydrogen-bond acceptors (Lipinski definition) is 8. The van der Waals surface area contributed by atoms with Crippen LogP contribution in [0, 0.1) is 12.8 Å². The number of carbonyl (C=O) groups is 1. The van der Waals surface area contributed by atoms with Crippen molar-refractivity contribution in [1.29, 1.82) is 0 Å². The number of nitrogens with zero attached hydrogens (tertiary/aromatic N) is 1. The maximum absolute atomic E-state index is 12.0. The number of ether oxygens (including phenoxy) is 1. The molecule has 3 rings (SSSR count). The summed E-state index contributed by atoms with van der Waals surface area (Å²) in [6, 6.07) is 0. The molecule has 27 heavy (non-hydrogen) atoms. The number of aromatic nitrogens is 2. The van der Waals surface area contributed by atoms with Gasteiger partial charge in [0.1, 0.15) is 0 Å². The first-order valence-electron chi connectivity index (χ1n) is 8.57. The van der Waals surface area contributed by atoms with Crippen LogP contribution in [0.1, 0.15) is 31.6 Å². The summed E-state index contributed by atoms with van der Waals surface area (Å²) in [7, 11) is -3.91. The van der Waals surface area contributed by atoms with E-state index in [0.29, 0.717) is 5.56 Å². The molecule has 12 heteroatoms. The normalized spacial score (nSPS) is 29.1. The van der Waals surface area contributed by atoms with E-state index in [1.165, 1.54) is 17.7 Å². The Kier molecular flexibility index (Phi) is 5.80. The van der Waals surface area contributed by atoms with Crippen molar-refractivity contribution in [3.05, 3.63) is 32.6 Å². The van der Waals surface area contributed by atoms with E-state index < -0.39 is 49.7 Å². The van der Waals surface area contributed by atoms with Gasteiger partial charge in [0, 0.05) is 0 Å². The van der Waals surface area contributed by atoms with Crippen LogP contribution in [0.15, 0.2) is 15.8 Å². The van der Waals surface area contributed by atoms with Gasteiger partial charge in [-0.05, 0) is 0 Å². The van der Waals surface area contributed by atoms with Crippen LogP contribution in [0.25, 0.3) is 0 Å². The zero-order chi connectivity index (χ0) is 19.8. The van der Waals surface area contributed by atoms with Gasteiger partial charge in [0.15, 0.2) is 0 Å². The molecule has 2 aliphatic heterocycles. The first-order valence-corrected chi connectivity index (χ1v) is 10.2. The van der Waals surface area contributed by atoms with E-state index in [9.17, 15) is 19.3 Å². The topological polar surface area (TPSA) is 149 Å². The maximum atomic E-state index is 12.0. The Labute approximate surface area is 154 Å². The number of rotatable bonds is 6. The number of H-pyrrole nitrogens is 1. The van der Waals surface area contributed by atoms with Crippen LogP contribution >= 0.6 is 8.17 Å². The van der Waals surface area contributed by atoms with Crippen molar-refractivity contribution in [3.63, 3.8) is 0 Å². The molecule has 0 amide bonds. The molecule has 2 fully saturated rings. The summed E-state index contributed by atoms with van der Waals surface area (Å²) in [4.78, 5) is 47.0. The molecular formula is C15H23N2O9P. The molecule has 2 aliphatic rings. The Bertz CT molecular complexity index is 824. The van der Waals surface area contributed by atoms with Crippen molar-refractivity contribution in [1.82, 2.24) is 9.55 Å². The van der Waals surface area contributed by atoms with Gasteiger partial charge in [-0.3, -0.25) is 0 Å². The van der Waals surface area contributed by atoms with Gasteiger partial charge in [-0.2, -0.15) is 0 Å². The van der Waals surface area contributed by atoms with Crippen molar-refractivity contribution >= 4 is 14.1 Å². The quantitative estimate of drug-likeness (QED) is 0.558. The third kappa shape index (κ3) is 4.45. The molecule has 1 aromatic heterocycles. The molecule has 0 spiro atoms. The van der Waals surface area contributed by atoms with Gasteiger partial charge in [-0.15, -0.1) is 0 Å². The minimum atomic E-state index is -3.91. The molecule has 0 aliphatic carbocycles. The average molecular weight is 406 g/mol. The van der Waals surface area contributed by atoms with Crippen LogP contribution in [0.4, 0.5) is 0 Å². The van der Waals surface area contributed by atoms with Crippen LogP contribution in [-0.2, 0) is 23.1 Å². The molecule has 3 N–H and O–H groups in total. The van der Waals surface area contributed by atoms with Crippen molar-refractivity contribution in [2.45, 2.75) is 45.1 Å². The molecule has 1 aromatic rings. The summed E-state index contributed by atoms with van der Waals surface area (Å²) in [6.07, 6.45) is 0.174. The Morgan fingerprint density at radius 3 is 2.93 bits per heavy atom. The molecule has 4 atom stereocenters. The zero-order valence-corrected chi connectivity index (χ0v) is 15.9. The number of nitrogens with one attached hydrogen (secondary N) is 1. The van der Waals surface area contributed by atoms with Crippen LogP contribution in [0.2, 0.25) is 0 Å². The summed E-state index contributed by atoms with van der Waals surface area (Å²) in [5.74, 6) is -1.57. The third-order valence-electron chi connectivity index (χ3n) is 4.62. The molecule has 152 valence electrons. The third-order valence-corrected chi connectivity index (χ3v) is 6.32. The molecule has 0 radical (unpaired) electrons. The fourth-order valence-electron chi connectivity index (χ4n) is 2.92. The van der Waals surface area contributed by atoms with Gasteiger partial charge in [0.05, 0.1) is 0 Å². The molecule has 0 saturated carbocycles. The average Bonchev–Trinajstić information content (AvgIpc) is 3.00. The number of carboxylic acid groups (broad SMARTS) is 1. The van der Waals surface area contributed by atoms with Gasteiger partial charge in [0.2, 0.25) is 0 Å². The van der Waals surface area contributed by atoms with E-state index >= 15 is 0 Å². The second-order valence-corrected chi connectivity index (χ2v) is 8.57. The number of hydrogen-bond donors (Lipinski definition) is 3. The van der Waals surface area contributed by atoms with Gasteiger partial charge in [-0.1, -0.05) is 0 Å². The van der Waals surface area contributed by atoms with Crippen molar-refractivity contribution < 1.29 is 33.1 Å². The number of carboxylic acids is 1. The van der Waals surface area contributed by atoms with E-state index in [0.717, 1.165) is 0 Å². The van der Waals surface area contributed by atoms with Crippen molar-refractivity contribution in [2.75, 3.05) is 13.2 Å². The van der Waals surface area contributed by atoms with Crippen LogP contribution in [-0.4, -0.2) is 50.9 Å². The Morgan fingerprint density at radius 2 is 2.22 bits per heavy atom. The fraction of sp³-hybridized carbons (Fsp3) is 0.667. The first kappa shape index (κ1) is 20.1. The second kappa shape index (κ2) is 7.78. The summed E-state index contributed by atoms with van der Waals surface area (Å²) in [5.41, 5.74) is -0.689. The van der Waals surface area contributed by atoms with E-state index in [4.69, 9.17) is 23.4 Å². The predicted molar refractivity (Wildman–Crippen MR) is 93.3 cm³/mol. The van der Waals surface area contributed by atoms with Gasteiger partial charge < -0.3 is 0 Å². The Morgan fingerprint density at radius 1 is 1.48 bits per heavy atom. The number of aliphatic carboxylic acids is 1. The standard InChI is InChI=1S/C15H23N2O9P/c1-8(14(19)20)3-4-23-27(22)24-7-11-10(26-27)5-12(25-11)17-6-9(2)13(18)16-15(17)21/h6,8,10-12,22,27H,3-5,7H2,1-2H3,(H,19,20)(H,16,18,21)/t8-,10-,11+,12+/m1/s1. The summed E-state index contributed by atoms with van der Waals surface area (Å²) < 4.78 is 23.2. The molecule has 0 unspecified atom stereocenters. The van der Waals surface area contributed by atoms with Crippen molar-refractivity contribution in [2.24, 2.45) is 5.92 Å². The summed E-state index contributed by atoms with van der Waals surface area (Å²) in [6.45, 7) is 3.12. The van der Waals surface area contributed by atoms with Gasteiger partial charge >= 0.3 is 154 Å². The Hall–Kier alpha value is -1.62. The van der Waals surface area contributed by atoms with Gasteiger partial charge in [0.25, 0.3) is 0 Å². The molecule has 2 saturated heterocycles. The molecule has 0 bridgehead atoms. The molecule has 11 nitrogen and oxygen atoms in total. The van der Waals surface area contributed by atoms with Crippen LogP contribution in [0.5, 0.6) is 0 Å². The summed E-state index contributed by atoms with van der Waals surface area (Å²) >= 11 is 0. The van der Waals surface area contributed by atoms with E-state index in [1.807, 2.05) is 0 Å². The molecule has 3 heterocycles.